The topological polar surface area (TPSA) is 75.4 Å². The predicted octanol–water partition coefficient (Wildman–Crippen LogP) is 0.241. The van der Waals surface area contributed by atoms with E-state index in [-0.39, 0.29) is 17.9 Å². The Morgan fingerprint density at radius 3 is 2.72 bits per heavy atom. The van der Waals surface area contributed by atoms with Crippen LogP contribution in [0.3, 0.4) is 0 Å². The van der Waals surface area contributed by atoms with Crippen molar-refractivity contribution in [3.63, 3.8) is 0 Å². The number of nitrogens with two attached hydrogens (primary N) is 1. The molecule has 102 valence electrons. The third kappa shape index (κ3) is 2.72. The molecule has 3 atom stereocenters. The number of piperidine rings is 1. The number of amides is 2. The molecule has 0 bridgehead atoms. The third-order valence-electron chi connectivity index (χ3n) is 4.28. The second-order valence-electron chi connectivity index (χ2n) is 5.44. The molecular formula is C13H23N3O2. The van der Waals surface area contributed by atoms with Crippen molar-refractivity contribution in [1.82, 2.24) is 10.2 Å². The molecule has 5 heteroatoms. The van der Waals surface area contributed by atoms with E-state index in [1.807, 2.05) is 0 Å². The van der Waals surface area contributed by atoms with Gasteiger partial charge in [0.25, 0.3) is 0 Å². The second kappa shape index (κ2) is 5.80. The highest BCUT2D eigenvalue weighted by Crippen LogP contribution is 2.25. The fourth-order valence-electron chi connectivity index (χ4n) is 3.04. The minimum absolute atomic E-state index is 0.0722. The van der Waals surface area contributed by atoms with Crippen molar-refractivity contribution in [2.45, 2.75) is 50.6 Å². The molecule has 3 N–H and O–H groups in total. The lowest BCUT2D eigenvalue weighted by Crippen LogP contribution is -2.56. The Labute approximate surface area is 108 Å². The van der Waals surface area contributed by atoms with Gasteiger partial charge in [0.05, 0.1) is 6.04 Å². The maximum Gasteiger partial charge on any atom is 0.246 e. The van der Waals surface area contributed by atoms with Crippen LogP contribution in [-0.2, 0) is 9.59 Å². The van der Waals surface area contributed by atoms with E-state index >= 15 is 0 Å². The molecule has 1 heterocycles. The first kappa shape index (κ1) is 13.5. The molecule has 2 fully saturated rings. The standard InChI is InChI=1S/C13H23N3O2/c1-16-12(17)7-6-11(13(16)18)15-10-5-3-2-4-9(10)8-14/h9-11,15H,2-8,14H2,1H3. The van der Waals surface area contributed by atoms with Crippen LogP contribution in [0, 0.1) is 5.92 Å². The van der Waals surface area contributed by atoms with Crippen LogP contribution < -0.4 is 11.1 Å². The first-order valence-electron chi connectivity index (χ1n) is 6.90. The van der Waals surface area contributed by atoms with Crippen LogP contribution >= 0.6 is 0 Å². The Bertz CT molecular complexity index is 332. The maximum atomic E-state index is 12.0. The lowest BCUT2D eigenvalue weighted by atomic mass is 9.83. The van der Waals surface area contributed by atoms with Gasteiger partial charge >= 0.3 is 0 Å². The molecule has 5 nitrogen and oxygen atoms in total. The molecule has 2 aliphatic rings. The highest BCUT2D eigenvalue weighted by Gasteiger charge is 2.35. The van der Waals surface area contributed by atoms with Gasteiger partial charge in [0, 0.05) is 19.5 Å². The van der Waals surface area contributed by atoms with Crippen LogP contribution in [0.25, 0.3) is 0 Å². The van der Waals surface area contributed by atoms with Gasteiger partial charge in [-0.15, -0.1) is 0 Å². The number of carbonyl (C=O) groups excluding carboxylic acids is 2. The second-order valence-corrected chi connectivity index (χ2v) is 5.44. The van der Waals surface area contributed by atoms with Gasteiger partial charge in [-0.05, 0) is 31.7 Å². The predicted molar refractivity (Wildman–Crippen MR) is 68.7 cm³/mol. The monoisotopic (exact) mass is 253 g/mol. The van der Waals surface area contributed by atoms with Crippen molar-refractivity contribution in [1.29, 1.82) is 0 Å². The zero-order chi connectivity index (χ0) is 13.1. The molecule has 1 aliphatic carbocycles. The molecule has 1 aliphatic heterocycles. The number of nitrogens with zero attached hydrogens (tertiary/aromatic N) is 1. The van der Waals surface area contributed by atoms with Crippen molar-refractivity contribution in [2.24, 2.45) is 11.7 Å². The van der Waals surface area contributed by atoms with Crippen molar-refractivity contribution in [3.8, 4) is 0 Å². The molecule has 0 aromatic heterocycles. The molecule has 3 unspecified atom stereocenters. The number of rotatable bonds is 3. The SMILES string of the molecule is CN1C(=O)CCC(NC2CCCCC2CN)C1=O. The van der Waals surface area contributed by atoms with Crippen LogP contribution in [0.4, 0.5) is 0 Å². The van der Waals surface area contributed by atoms with Crippen molar-refractivity contribution >= 4 is 11.8 Å². The van der Waals surface area contributed by atoms with Crippen LogP contribution in [0.2, 0.25) is 0 Å². The smallest absolute Gasteiger partial charge is 0.246 e. The Morgan fingerprint density at radius 1 is 1.28 bits per heavy atom. The Morgan fingerprint density at radius 2 is 2.00 bits per heavy atom. The summed E-state index contributed by atoms with van der Waals surface area (Å²) in [4.78, 5) is 24.7. The minimum Gasteiger partial charge on any atom is -0.330 e. The summed E-state index contributed by atoms with van der Waals surface area (Å²) in [7, 11) is 1.57. The molecule has 0 radical (unpaired) electrons. The number of likely N-dealkylation sites (N-methyl/N-ethyl adjacent to an activating group) is 1. The summed E-state index contributed by atoms with van der Waals surface area (Å²) in [5.74, 6) is 0.305. The minimum atomic E-state index is -0.204. The van der Waals surface area contributed by atoms with Crippen molar-refractivity contribution in [2.75, 3.05) is 13.6 Å². The van der Waals surface area contributed by atoms with Crippen LogP contribution in [-0.4, -0.2) is 42.4 Å². The molecule has 18 heavy (non-hydrogen) atoms. The molecule has 2 amide bonds. The lowest BCUT2D eigenvalue weighted by Gasteiger charge is -2.36. The van der Waals surface area contributed by atoms with Crippen molar-refractivity contribution in [3.05, 3.63) is 0 Å². The summed E-state index contributed by atoms with van der Waals surface area (Å²) in [6, 6.07) is 0.129. The van der Waals surface area contributed by atoms with Gasteiger partial charge in [-0.3, -0.25) is 14.5 Å². The zero-order valence-corrected chi connectivity index (χ0v) is 11.0. The summed E-state index contributed by atoms with van der Waals surface area (Å²) in [6.07, 6.45) is 5.74. The first-order valence-corrected chi connectivity index (χ1v) is 6.90. The normalized spacial score (nSPS) is 33.9. The summed E-state index contributed by atoms with van der Waals surface area (Å²) >= 11 is 0. The van der Waals surface area contributed by atoms with Crippen LogP contribution in [0.1, 0.15) is 38.5 Å². The quantitative estimate of drug-likeness (QED) is 0.707. The van der Waals surface area contributed by atoms with Gasteiger partial charge in [0.2, 0.25) is 11.8 Å². The van der Waals surface area contributed by atoms with E-state index in [9.17, 15) is 9.59 Å². The molecule has 0 spiro atoms. The average molecular weight is 253 g/mol. The number of nitrogens with one attached hydrogen (secondary N) is 1. The van der Waals surface area contributed by atoms with E-state index in [0.29, 0.717) is 31.3 Å². The molecule has 0 aromatic carbocycles. The van der Waals surface area contributed by atoms with Gasteiger partial charge in [0.15, 0.2) is 0 Å². The first-order chi connectivity index (χ1) is 8.63. The highest BCUT2D eigenvalue weighted by molar-refractivity contribution is 6.00. The van der Waals surface area contributed by atoms with E-state index in [1.165, 1.54) is 17.7 Å². The average Bonchev–Trinajstić information content (AvgIpc) is 2.40. The number of carbonyl (C=O) groups is 2. The summed E-state index contributed by atoms with van der Waals surface area (Å²) in [5, 5.41) is 3.44. The molecule has 1 saturated heterocycles. The fraction of sp³-hybridized carbons (Fsp3) is 0.846. The van der Waals surface area contributed by atoms with Crippen LogP contribution in [0.5, 0.6) is 0 Å². The van der Waals surface area contributed by atoms with Gasteiger partial charge < -0.3 is 11.1 Å². The van der Waals surface area contributed by atoms with Gasteiger partial charge in [-0.1, -0.05) is 12.8 Å². The summed E-state index contributed by atoms with van der Waals surface area (Å²) < 4.78 is 0. The third-order valence-corrected chi connectivity index (χ3v) is 4.28. The van der Waals surface area contributed by atoms with E-state index in [1.54, 1.807) is 7.05 Å². The number of imide groups is 1. The fourth-order valence-corrected chi connectivity index (χ4v) is 3.04. The molecule has 0 aromatic rings. The van der Waals surface area contributed by atoms with E-state index < -0.39 is 0 Å². The molecule has 1 saturated carbocycles. The Hall–Kier alpha value is -0.940. The van der Waals surface area contributed by atoms with Gasteiger partial charge in [0.1, 0.15) is 0 Å². The van der Waals surface area contributed by atoms with E-state index in [2.05, 4.69) is 5.32 Å². The summed E-state index contributed by atoms with van der Waals surface area (Å²) in [5.41, 5.74) is 5.79. The molecule has 2 rings (SSSR count). The van der Waals surface area contributed by atoms with Gasteiger partial charge in [-0.2, -0.15) is 0 Å². The van der Waals surface area contributed by atoms with E-state index in [4.69, 9.17) is 5.73 Å². The zero-order valence-electron chi connectivity index (χ0n) is 11.0. The lowest BCUT2D eigenvalue weighted by molar-refractivity contribution is -0.148. The molecular weight excluding hydrogens is 230 g/mol. The number of hydrogen-bond acceptors (Lipinski definition) is 4. The Balaban J connectivity index is 1.95. The summed E-state index contributed by atoms with van der Waals surface area (Å²) in [6.45, 7) is 0.674. The largest absolute Gasteiger partial charge is 0.330 e. The maximum absolute atomic E-state index is 12.0. The van der Waals surface area contributed by atoms with E-state index in [0.717, 1.165) is 12.8 Å². The Kier molecular flexibility index (Phi) is 4.35. The van der Waals surface area contributed by atoms with Gasteiger partial charge in [-0.25, -0.2) is 0 Å². The number of likely N-dealkylation sites (tertiary alicyclic amines) is 1. The number of hydrogen-bond donors (Lipinski definition) is 2. The van der Waals surface area contributed by atoms with Crippen molar-refractivity contribution < 1.29 is 9.59 Å². The van der Waals surface area contributed by atoms with Crippen LogP contribution in [0.15, 0.2) is 0 Å². The highest BCUT2D eigenvalue weighted by atomic mass is 16.2.